The lowest BCUT2D eigenvalue weighted by molar-refractivity contribution is 0.0643. The number of ether oxygens (including phenoxy) is 1. The van der Waals surface area contributed by atoms with Gasteiger partial charge in [0.2, 0.25) is 0 Å². The van der Waals surface area contributed by atoms with Crippen molar-refractivity contribution < 1.29 is 14.3 Å². The Morgan fingerprint density at radius 1 is 1.08 bits per heavy atom. The predicted molar refractivity (Wildman–Crippen MR) is 95.4 cm³/mol. The Kier molecular flexibility index (Phi) is 5.16. The highest BCUT2D eigenvalue weighted by Crippen LogP contribution is 2.23. The average molecular weight is 355 g/mol. The molecule has 2 aromatic rings. The number of rotatable bonds is 4. The van der Waals surface area contributed by atoms with E-state index in [1.165, 1.54) is 19.2 Å². The van der Waals surface area contributed by atoms with Gasteiger partial charge in [0.05, 0.1) is 7.11 Å². The minimum Gasteiger partial charge on any atom is -0.497 e. The summed E-state index contributed by atoms with van der Waals surface area (Å²) in [7, 11) is 3.10. The van der Waals surface area contributed by atoms with Crippen LogP contribution in [-0.2, 0) is 7.05 Å². The Morgan fingerprint density at radius 3 is 2.31 bits per heavy atom. The molecule has 2 heterocycles. The van der Waals surface area contributed by atoms with Gasteiger partial charge in [-0.2, -0.15) is 5.10 Å². The van der Waals surface area contributed by atoms with E-state index in [-0.39, 0.29) is 28.9 Å². The van der Waals surface area contributed by atoms with Gasteiger partial charge in [-0.15, -0.1) is 0 Å². The molecule has 0 saturated carbocycles. The van der Waals surface area contributed by atoms with E-state index < -0.39 is 0 Å². The molecule has 1 fully saturated rings. The first kappa shape index (κ1) is 17.8. The lowest BCUT2D eigenvalue weighted by Gasteiger charge is -2.31. The van der Waals surface area contributed by atoms with Crippen molar-refractivity contribution in [3.63, 3.8) is 0 Å². The lowest BCUT2D eigenvalue weighted by Crippen LogP contribution is -2.41. The van der Waals surface area contributed by atoms with Crippen LogP contribution < -0.4 is 10.3 Å². The topological polar surface area (TPSA) is 81.5 Å². The zero-order valence-corrected chi connectivity index (χ0v) is 14.8. The summed E-state index contributed by atoms with van der Waals surface area (Å²) < 4.78 is 6.26. The number of nitrogens with zero attached hydrogens (tertiary/aromatic N) is 3. The minimum absolute atomic E-state index is 0.0967. The predicted octanol–water partition coefficient (Wildman–Crippen LogP) is 1.52. The molecule has 1 aromatic heterocycles. The third kappa shape index (κ3) is 3.66. The maximum atomic E-state index is 12.6. The number of ketones is 1. The molecule has 1 amide bonds. The zero-order valence-electron chi connectivity index (χ0n) is 14.8. The van der Waals surface area contributed by atoms with Crippen LogP contribution in [0.5, 0.6) is 5.75 Å². The van der Waals surface area contributed by atoms with E-state index in [1.54, 1.807) is 36.3 Å². The minimum atomic E-state index is -0.259. The Bertz CT molecular complexity index is 865. The number of aromatic nitrogens is 2. The first-order valence-electron chi connectivity index (χ1n) is 8.51. The van der Waals surface area contributed by atoms with Gasteiger partial charge in [-0.1, -0.05) is 0 Å². The average Bonchev–Trinajstić information content (AvgIpc) is 2.69. The van der Waals surface area contributed by atoms with Crippen LogP contribution in [0.4, 0.5) is 0 Å². The number of benzene rings is 1. The third-order valence-electron chi connectivity index (χ3n) is 4.71. The lowest BCUT2D eigenvalue weighted by atomic mass is 9.89. The summed E-state index contributed by atoms with van der Waals surface area (Å²) >= 11 is 0. The van der Waals surface area contributed by atoms with Crippen molar-refractivity contribution in [1.29, 1.82) is 0 Å². The summed E-state index contributed by atoms with van der Waals surface area (Å²) in [6.07, 6.45) is 1.23. The number of methoxy groups -OCH3 is 1. The van der Waals surface area contributed by atoms with Gasteiger partial charge in [0.25, 0.3) is 11.5 Å². The van der Waals surface area contributed by atoms with Crippen molar-refractivity contribution in [1.82, 2.24) is 14.7 Å². The molecular weight excluding hydrogens is 334 g/mol. The van der Waals surface area contributed by atoms with Crippen LogP contribution >= 0.6 is 0 Å². The Balaban J connectivity index is 1.62. The molecule has 1 aliphatic rings. The van der Waals surface area contributed by atoms with E-state index in [4.69, 9.17) is 4.74 Å². The number of hydrogen-bond acceptors (Lipinski definition) is 5. The van der Waals surface area contributed by atoms with Crippen LogP contribution in [-0.4, -0.2) is 46.6 Å². The number of likely N-dealkylation sites (tertiary alicyclic amines) is 1. The molecule has 1 saturated heterocycles. The summed E-state index contributed by atoms with van der Waals surface area (Å²) in [5.41, 5.74) is 0.646. The fraction of sp³-hybridized carbons (Fsp3) is 0.368. The quantitative estimate of drug-likeness (QED) is 0.777. The van der Waals surface area contributed by atoms with E-state index in [2.05, 4.69) is 5.10 Å². The van der Waals surface area contributed by atoms with E-state index in [1.807, 2.05) is 0 Å². The Morgan fingerprint density at radius 2 is 1.73 bits per heavy atom. The second-order valence-electron chi connectivity index (χ2n) is 6.34. The number of aryl methyl sites for hydroxylation is 1. The molecule has 0 atom stereocenters. The summed E-state index contributed by atoms with van der Waals surface area (Å²) in [4.78, 5) is 38.2. The van der Waals surface area contributed by atoms with Crippen LogP contribution in [0.3, 0.4) is 0 Å². The smallest absolute Gasteiger partial charge is 0.274 e. The molecule has 7 nitrogen and oxygen atoms in total. The van der Waals surface area contributed by atoms with Gasteiger partial charge >= 0.3 is 0 Å². The molecule has 0 bridgehead atoms. The fourth-order valence-electron chi connectivity index (χ4n) is 3.11. The van der Waals surface area contributed by atoms with Crippen molar-refractivity contribution in [3.05, 3.63) is 58.0 Å². The maximum absolute atomic E-state index is 12.6. The van der Waals surface area contributed by atoms with Crippen molar-refractivity contribution in [2.75, 3.05) is 20.2 Å². The summed E-state index contributed by atoms with van der Waals surface area (Å²) in [6.45, 7) is 0.992. The first-order chi connectivity index (χ1) is 12.5. The number of amides is 1. The zero-order chi connectivity index (χ0) is 18.7. The second-order valence-corrected chi connectivity index (χ2v) is 6.34. The van der Waals surface area contributed by atoms with Crippen molar-refractivity contribution in [2.24, 2.45) is 13.0 Å². The van der Waals surface area contributed by atoms with Gasteiger partial charge in [0, 0.05) is 37.7 Å². The van der Waals surface area contributed by atoms with E-state index in [9.17, 15) is 14.4 Å². The van der Waals surface area contributed by atoms with Crippen LogP contribution in [0.1, 0.15) is 33.7 Å². The molecule has 0 spiro atoms. The van der Waals surface area contributed by atoms with Crippen molar-refractivity contribution in [3.8, 4) is 5.75 Å². The molecule has 0 radical (unpaired) electrons. The van der Waals surface area contributed by atoms with Gasteiger partial charge < -0.3 is 9.64 Å². The van der Waals surface area contributed by atoms with Gasteiger partial charge in [-0.25, -0.2) is 4.68 Å². The van der Waals surface area contributed by atoms with Gasteiger partial charge in [0.1, 0.15) is 11.4 Å². The Hall–Kier alpha value is -2.96. The first-order valence-corrected chi connectivity index (χ1v) is 8.51. The number of carbonyl (C=O) groups is 2. The van der Waals surface area contributed by atoms with Crippen LogP contribution in [0.25, 0.3) is 0 Å². The summed E-state index contributed by atoms with van der Waals surface area (Å²) in [5, 5.41) is 4.00. The largest absolute Gasteiger partial charge is 0.497 e. The van der Waals surface area contributed by atoms with Crippen LogP contribution in [0, 0.1) is 5.92 Å². The molecule has 0 aliphatic carbocycles. The molecule has 7 heteroatoms. The molecule has 1 aliphatic heterocycles. The summed E-state index contributed by atoms with van der Waals surface area (Å²) in [6, 6.07) is 9.87. The van der Waals surface area contributed by atoms with Crippen LogP contribution in [0.2, 0.25) is 0 Å². The van der Waals surface area contributed by atoms with Crippen molar-refractivity contribution in [2.45, 2.75) is 12.8 Å². The molecule has 3 rings (SSSR count). The highest BCUT2D eigenvalue weighted by Gasteiger charge is 2.29. The van der Waals surface area contributed by atoms with Gasteiger partial charge in [-0.05, 0) is 43.2 Å². The highest BCUT2D eigenvalue weighted by molar-refractivity contribution is 5.98. The van der Waals surface area contributed by atoms with E-state index in [0.29, 0.717) is 37.2 Å². The number of Topliss-reactive ketones (excluding diaryl/α,β-unsaturated/α-hetero) is 1. The second kappa shape index (κ2) is 7.51. The number of hydrogen-bond donors (Lipinski definition) is 0. The number of piperidine rings is 1. The van der Waals surface area contributed by atoms with Crippen LogP contribution in [0.15, 0.2) is 41.2 Å². The summed E-state index contributed by atoms with van der Waals surface area (Å²) in [5.74, 6) is 0.503. The molecule has 136 valence electrons. The highest BCUT2D eigenvalue weighted by atomic mass is 16.5. The molecule has 26 heavy (non-hydrogen) atoms. The van der Waals surface area contributed by atoms with Gasteiger partial charge in [-0.3, -0.25) is 14.4 Å². The standard InChI is InChI=1S/C19H21N3O4/c1-21-17(23)8-7-16(20-21)19(25)22-11-9-14(10-12-22)18(24)13-3-5-15(26-2)6-4-13/h3-8,14H,9-12H2,1-2H3. The third-order valence-corrected chi connectivity index (χ3v) is 4.71. The maximum Gasteiger partial charge on any atom is 0.274 e. The fourth-order valence-corrected chi connectivity index (χ4v) is 3.11. The molecular formula is C19H21N3O4. The van der Waals surface area contributed by atoms with E-state index >= 15 is 0 Å². The Labute approximate surface area is 151 Å². The monoisotopic (exact) mass is 355 g/mol. The molecule has 1 aromatic carbocycles. The molecule has 0 unspecified atom stereocenters. The van der Waals surface area contributed by atoms with E-state index in [0.717, 1.165) is 4.68 Å². The number of carbonyl (C=O) groups excluding carboxylic acids is 2. The SMILES string of the molecule is COc1ccc(C(=O)C2CCN(C(=O)c3ccc(=O)n(C)n3)CC2)cc1. The normalized spacial score (nSPS) is 14.9. The molecule has 0 N–H and O–H groups in total. The van der Waals surface area contributed by atoms with Crippen molar-refractivity contribution >= 4 is 11.7 Å². The van der Waals surface area contributed by atoms with Gasteiger partial charge in [0.15, 0.2) is 5.78 Å².